The van der Waals surface area contributed by atoms with Gasteiger partial charge in [-0.2, -0.15) is 0 Å². The Kier molecular flexibility index (Phi) is 7.26. The van der Waals surface area contributed by atoms with E-state index >= 15 is 0 Å². The SMILES string of the molecule is COC(=O)CCC(=O)N1CCN2Cc3nc(c4ccccc4n3)NCC(C(C)C)C(=O)NC2C1. The Morgan fingerprint density at radius 3 is 2.74 bits per heavy atom. The van der Waals surface area contributed by atoms with E-state index in [1.807, 2.05) is 38.1 Å². The highest BCUT2D eigenvalue weighted by Gasteiger charge is 2.34. The Labute approximate surface area is 199 Å². The van der Waals surface area contributed by atoms with Crippen LogP contribution in [0.5, 0.6) is 0 Å². The van der Waals surface area contributed by atoms with E-state index in [2.05, 4.69) is 20.3 Å². The smallest absolute Gasteiger partial charge is 0.306 e. The quantitative estimate of drug-likeness (QED) is 0.647. The first-order valence-electron chi connectivity index (χ1n) is 11.7. The number of hydrogen-bond acceptors (Lipinski definition) is 8. The summed E-state index contributed by atoms with van der Waals surface area (Å²) >= 11 is 0. The van der Waals surface area contributed by atoms with Crippen molar-refractivity contribution < 1.29 is 19.1 Å². The van der Waals surface area contributed by atoms with Gasteiger partial charge in [-0.15, -0.1) is 0 Å². The highest BCUT2D eigenvalue weighted by molar-refractivity contribution is 5.89. The fraction of sp³-hybridized carbons (Fsp3) is 0.542. The second-order valence-electron chi connectivity index (χ2n) is 9.15. The van der Waals surface area contributed by atoms with Gasteiger partial charge in [0.15, 0.2) is 0 Å². The van der Waals surface area contributed by atoms with Crippen LogP contribution >= 0.6 is 0 Å². The number of fused-ring (bicyclic) bond motifs is 5. The van der Waals surface area contributed by atoms with Crippen molar-refractivity contribution in [3.63, 3.8) is 0 Å². The second-order valence-corrected chi connectivity index (χ2v) is 9.15. The number of para-hydroxylation sites is 1. The zero-order valence-electron chi connectivity index (χ0n) is 19.9. The number of carbonyl (C=O) groups excluding carboxylic acids is 3. The highest BCUT2D eigenvalue weighted by Crippen LogP contribution is 2.24. The van der Waals surface area contributed by atoms with Crippen LogP contribution in [-0.2, 0) is 25.7 Å². The zero-order valence-corrected chi connectivity index (χ0v) is 19.9. The summed E-state index contributed by atoms with van der Waals surface area (Å²) in [5.74, 6) is 0.626. The number of rotatable bonds is 4. The average Bonchev–Trinajstić information content (AvgIpc) is 2.84. The van der Waals surface area contributed by atoms with Gasteiger partial charge in [-0.1, -0.05) is 26.0 Å². The van der Waals surface area contributed by atoms with Crippen molar-refractivity contribution in [3.05, 3.63) is 30.1 Å². The third-order valence-electron chi connectivity index (χ3n) is 6.55. The van der Waals surface area contributed by atoms with E-state index in [1.165, 1.54) is 7.11 Å². The maximum absolute atomic E-state index is 13.3. The average molecular weight is 469 g/mol. The van der Waals surface area contributed by atoms with Crippen molar-refractivity contribution in [2.75, 3.05) is 38.6 Å². The number of hydrogen-bond donors (Lipinski definition) is 2. The van der Waals surface area contributed by atoms with Crippen LogP contribution < -0.4 is 10.6 Å². The number of methoxy groups -OCH3 is 1. The van der Waals surface area contributed by atoms with Crippen molar-refractivity contribution >= 4 is 34.5 Å². The molecular formula is C24H32N6O4. The van der Waals surface area contributed by atoms with Gasteiger partial charge in [-0.05, 0) is 18.1 Å². The van der Waals surface area contributed by atoms with Gasteiger partial charge in [0.2, 0.25) is 11.8 Å². The minimum atomic E-state index is -0.410. The number of aromatic nitrogens is 2. The summed E-state index contributed by atoms with van der Waals surface area (Å²) in [7, 11) is 1.31. The number of amides is 2. The lowest BCUT2D eigenvalue weighted by molar-refractivity contribution is -0.144. The van der Waals surface area contributed by atoms with Gasteiger partial charge in [-0.3, -0.25) is 19.3 Å². The molecule has 2 aliphatic heterocycles. The largest absolute Gasteiger partial charge is 0.469 e. The number of carbonyl (C=O) groups is 3. The predicted molar refractivity (Wildman–Crippen MR) is 127 cm³/mol. The molecule has 2 aliphatic rings. The van der Waals surface area contributed by atoms with Gasteiger partial charge < -0.3 is 20.3 Å². The first kappa shape index (κ1) is 23.9. The molecule has 0 spiro atoms. The summed E-state index contributed by atoms with van der Waals surface area (Å²) in [5, 5.41) is 7.48. The van der Waals surface area contributed by atoms with Gasteiger partial charge in [0.05, 0.1) is 38.1 Å². The maximum atomic E-state index is 13.3. The molecular weight excluding hydrogens is 436 g/mol. The van der Waals surface area contributed by atoms with Gasteiger partial charge in [0.25, 0.3) is 0 Å². The molecule has 0 radical (unpaired) electrons. The van der Waals surface area contributed by atoms with E-state index in [1.54, 1.807) is 4.90 Å². The first-order valence-corrected chi connectivity index (χ1v) is 11.7. The third-order valence-corrected chi connectivity index (χ3v) is 6.55. The first-order chi connectivity index (χ1) is 16.4. The van der Waals surface area contributed by atoms with Crippen LogP contribution in [0.4, 0.5) is 5.82 Å². The number of piperazine rings is 1. The summed E-state index contributed by atoms with van der Waals surface area (Å²) in [6, 6.07) is 7.84. The van der Waals surface area contributed by atoms with E-state index in [4.69, 9.17) is 9.97 Å². The number of benzene rings is 1. The summed E-state index contributed by atoms with van der Waals surface area (Å²) in [6.07, 6.45) is -0.245. The van der Waals surface area contributed by atoms with Crippen molar-refractivity contribution in [1.82, 2.24) is 25.1 Å². The molecule has 0 saturated carbocycles. The Balaban J connectivity index is 1.61. The van der Waals surface area contributed by atoms with Crippen molar-refractivity contribution in [2.45, 2.75) is 39.4 Å². The molecule has 34 heavy (non-hydrogen) atoms. The highest BCUT2D eigenvalue weighted by atomic mass is 16.5. The van der Waals surface area contributed by atoms with E-state index in [9.17, 15) is 14.4 Å². The molecule has 10 heteroatoms. The van der Waals surface area contributed by atoms with Crippen LogP contribution in [0.1, 0.15) is 32.5 Å². The molecule has 4 rings (SSSR count). The van der Waals surface area contributed by atoms with Crippen molar-refractivity contribution in [2.24, 2.45) is 11.8 Å². The number of nitrogens with one attached hydrogen (secondary N) is 2. The lowest BCUT2D eigenvalue weighted by Crippen LogP contribution is -2.61. The fourth-order valence-electron chi connectivity index (χ4n) is 4.46. The lowest BCUT2D eigenvalue weighted by atomic mass is 9.94. The van der Waals surface area contributed by atoms with Crippen LogP contribution in [0.15, 0.2) is 24.3 Å². The van der Waals surface area contributed by atoms with E-state index in [-0.39, 0.29) is 42.7 Å². The minimum absolute atomic E-state index is 0.0430. The monoisotopic (exact) mass is 468 g/mol. The third kappa shape index (κ3) is 5.27. The molecule has 0 aliphatic carbocycles. The molecule has 2 bridgehead atoms. The Hall–Kier alpha value is -3.27. The van der Waals surface area contributed by atoms with Gasteiger partial charge in [0, 0.05) is 31.4 Å². The fourth-order valence-corrected chi connectivity index (χ4v) is 4.46. The summed E-state index contributed by atoms with van der Waals surface area (Å²) < 4.78 is 4.65. The van der Waals surface area contributed by atoms with Crippen LogP contribution in [-0.4, -0.2) is 77.0 Å². The zero-order chi connectivity index (χ0) is 24.2. The maximum Gasteiger partial charge on any atom is 0.306 e. The summed E-state index contributed by atoms with van der Waals surface area (Å²) in [5.41, 5.74) is 0.850. The molecule has 3 heterocycles. The Bertz CT molecular complexity index is 1070. The molecule has 2 amide bonds. The summed E-state index contributed by atoms with van der Waals surface area (Å²) in [4.78, 5) is 50.8. The van der Waals surface area contributed by atoms with Crippen molar-refractivity contribution in [1.29, 1.82) is 0 Å². The molecule has 1 fully saturated rings. The van der Waals surface area contributed by atoms with Crippen LogP contribution in [0.2, 0.25) is 0 Å². The van der Waals surface area contributed by atoms with Crippen LogP contribution in [0, 0.1) is 11.8 Å². The predicted octanol–water partition coefficient (Wildman–Crippen LogP) is 1.37. The molecule has 2 unspecified atom stereocenters. The molecule has 2 N–H and O–H groups in total. The number of anilines is 1. The standard InChI is InChI=1S/C24H32N6O4/c1-15(2)17-12-25-23-16-6-4-5-7-18(16)26-19(27-23)13-29-10-11-30(14-20(29)28-24(17)33)21(31)8-9-22(32)34-3/h4-7,15,17,20H,8-14H2,1-3H3,(H,28,33)(H,25,26,27). The van der Waals surface area contributed by atoms with Gasteiger partial charge in [0.1, 0.15) is 17.8 Å². The normalized spacial score (nSPS) is 21.3. The molecule has 1 saturated heterocycles. The Morgan fingerprint density at radius 1 is 1.18 bits per heavy atom. The molecule has 2 atom stereocenters. The van der Waals surface area contributed by atoms with E-state index < -0.39 is 5.97 Å². The second kappa shape index (κ2) is 10.3. The van der Waals surface area contributed by atoms with Crippen LogP contribution in [0.25, 0.3) is 10.9 Å². The topological polar surface area (TPSA) is 117 Å². The van der Waals surface area contributed by atoms with Gasteiger partial charge >= 0.3 is 5.97 Å². The number of nitrogens with zero attached hydrogens (tertiary/aromatic N) is 4. The Morgan fingerprint density at radius 2 is 1.97 bits per heavy atom. The van der Waals surface area contributed by atoms with Crippen LogP contribution in [0.3, 0.4) is 0 Å². The van der Waals surface area contributed by atoms with Crippen molar-refractivity contribution in [3.8, 4) is 0 Å². The van der Waals surface area contributed by atoms with E-state index in [0.717, 1.165) is 16.7 Å². The van der Waals surface area contributed by atoms with E-state index in [0.29, 0.717) is 38.5 Å². The molecule has 182 valence electrons. The number of ether oxygens (including phenoxy) is 1. The lowest BCUT2D eigenvalue weighted by Gasteiger charge is -2.41. The molecule has 10 nitrogen and oxygen atoms in total. The van der Waals surface area contributed by atoms with Gasteiger partial charge in [-0.25, -0.2) is 9.97 Å². The summed E-state index contributed by atoms with van der Waals surface area (Å²) in [6.45, 7) is 6.33. The molecule has 2 aromatic rings. The minimum Gasteiger partial charge on any atom is -0.469 e. The number of esters is 1. The molecule has 1 aromatic carbocycles. The molecule has 1 aromatic heterocycles.